The summed E-state index contributed by atoms with van der Waals surface area (Å²) < 4.78 is 69.0. The van der Waals surface area contributed by atoms with Crippen LogP contribution in [-0.4, -0.2) is 151 Å². The minimum atomic E-state index is -3.80. The number of sulfonamides is 1. The van der Waals surface area contributed by atoms with E-state index in [1.807, 2.05) is 36.4 Å². The number of carbonyl (C=O) groups excluding carboxylic acids is 2. The highest BCUT2D eigenvalue weighted by atomic mass is 32.2. The maximum absolute atomic E-state index is 13.6. The van der Waals surface area contributed by atoms with Gasteiger partial charge in [-0.15, -0.1) is 0 Å². The monoisotopic (exact) mass is 1080 g/mol. The summed E-state index contributed by atoms with van der Waals surface area (Å²) in [6, 6.07) is 23.2. The number of nitrogens with zero attached hydrogens (tertiary/aromatic N) is 2. The molecule has 416 valence electrons. The van der Waals surface area contributed by atoms with Crippen molar-refractivity contribution in [3.05, 3.63) is 123 Å². The van der Waals surface area contributed by atoms with Crippen molar-refractivity contribution < 1.29 is 61.1 Å². The molecule has 0 saturated carbocycles. The van der Waals surface area contributed by atoms with Crippen LogP contribution in [0, 0.1) is 0 Å². The highest BCUT2D eigenvalue weighted by Gasteiger charge is 2.33. The lowest BCUT2D eigenvalue weighted by Crippen LogP contribution is -2.43. The van der Waals surface area contributed by atoms with Crippen LogP contribution < -0.4 is 25.5 Å². The molecule has 19 nitrogen and oxygen atoms in total. The number of aromatic nitrogens is 1. The van der Waals surface area contributed by atoms with Crippen molar-refractivity contribution in [1.82, 2.24) is 14.2 Å². The Labute approximate surface area is 450 Å². The lowest BCUT2D eigenvalue weighted by molar-refractivity contribution is -0.137. The Morgan fingerprint density at radius 1 is 0.701 bits per heavy atom. The van der Waals surface area contributed by atoms with Crippen LogP contribution in [-0.2, 0) is 49.3 Å². The number of ether oxygens (including phenoxy) is 7. The van der Waals surface area contributed by atoms with E-state index < -0.39 is 34.4 Å². The van der Waals surface area contributed by atoms with Crippen LogP contribution >= 0.6 is 0 Å². The van der Waals surface area contributed by atoms with E-state index in [4.69, 9.17) is 38.3 Å². The summed E-state index contributed by atoms with van der Waals surface area (Å²) in [4.78, 5) is 54.9. The number of carboxylic acids is 1. The number of H-pyrrole nitrogens is 1. The molecule has 0 unspecified atom stereocenters. The number of para-hydroxylation sites is 1. The highest BCUT2D eigenvalue weighted by Crippen LogP contribution is 2.41. The van der Waals surface area contributed by atoms with E-state index in [0.717, 1.165) is 21.6 Å². The first-order chi connectivity index (χ1) is 36.8. The molecule has 7 rings (SSSR count). The summed E-state index contributed by atoms with van der Waals surface area (Å²) in [5, 5.41) is 15.5. The number of carbonyl (C=O) groups is 3. The van der Waals surface area contributed by atoms with Crippen LogP contribution in [0.1, 0.15) is 97.7 Å². The molecule has 3 heterocycles. The SMILES string of the molecule is CC(C)(C)c1cc(C(C)(C)C)c(OCCOCCOCCOCCOCCOCCOc2ccc(C3CCN(S(=O)(=O)c4ccc5c(c4)NCN(CC(=O)O)C5=O)CC3)cc2)cc1NC(=O)c1c[nH]c2ccccc2c1=O. The van der Waals surface area contributed by atoms with E-state index in [1.54, 1.807) is 18.2 Å². The number of fused-ring (bicyclic) bond motifs is 2. The Hall–Kier alpha value is -6.39. The van der Waals surface area contributed by atoms with Crippen molar-refractivity contribution in [2.24, 2.45) is 0 Å². The van der Waals surface area contributed by atoms with Crippen molar-refractivity contribution in [2.45, 2.75) is 76.0 Å². The predicted octanol–water partition coefficient (Wildman–Crippen LogP) is 7.39. The third kappa shape index (κ3) is 15.9. The summed E-state index contributed by atoms with van der Waals surface area (Å²) >= 11 is 0. The molecule has 77 heavy (non-hydrogen) atoms. The molecule has 1 fully saturated rings. The number of anilines is 2. The van der Waals surface area contributed by atoms with E-state index in [-0.39, 0.29) is 51.5 Å². The van der Waals surface area contributed by atoms with Crippen molar-refractivity contribution in [2.75, 3.05) is 116 Å². The first kappa shape index (κ1) is 58.3. The Balaban J connectivity index is 0.701. The maximum Gasteiger partial charge on any atom is 0.323 e. The fraction of sp³-hybridized carbons (Fsp3) is 0.474. The molecule has 4 N–H and O–H groups in total. The van der Waals surface area contributed by atoms with Crippen LogP contribution in [0.3, 0.4) is 0 Å². The third-order valence-corrected chi connectivity index (χ3v) is 15.1. The van der Waals surface area contributed by atoms with Gasteiger partial charge in [-0.25, -0.2) is 8.42 Å². The summed E-state index contributed by atoms with van der Waals surface area (Å²) in [6.07, 6.45) is 2.76. The van der Waals surface area contributed by atoms with Crippen molar-refractivity contribution in [3.8, 4) is 11.5 Å². The minimum Gasteiger partial charge on any atom is -0.491 e. The normalized spacial score (nSPS) is 14.6. The largest absolute Gasteiger partial charge is 0.491 e. The predicted molar refractivity (Wildman–Crippen MR) is 292 cm³/mol. The topological polar surface area (TPSA) is 234 Å². The van der Waals surface area contributed by atoms with E-state index in [9.17, 15) is 27.6 Å². The molecule has 0 bridgehead atoms. The number of hydrogen-bond acceptors (Lipinski definition) is 14. The zero-order valence-corrected chi connectivity index (χ0v) is 45.8. The minimum absolute atomic E-state index is 0.0234. The molecule has 2 aliphatic heterocycles. The second-order valence-electron chi connectivity index (χ2n) is 20.9. The Morgan fingerprint density at radius 3 is 1.86 bits per heavy atom. The third-order valence-electron chi connectivity index (χ3n) is 13.2. The molecule has 0 spiro atoms. The zero-order chi connectivity index (χ0) is 55.2. The second kappa shape index (κ2) is 26.8. The number of aromatic amines is 1. The first-order valence-corrected chi connectivity index (χ1v) is 27.5. The van der Waals surface area contributed by atoms with Gasteiger partial charge in [-0.05, 0) is 94.8 Å². The van der Waals surface area contributed by atoms with Crippen molar-refractivity contribution in [3.63, 3.8) is 0 Å². The summed E-state index contributed by atoms with van der Waals surface area (Å²) in [7, 11) is -3.80. The molecule has 0 aliphatic carbocycles. The molecule has 2 aliphatic rings. The maximum atomic E-state index is 13.6. The molecule has 5 aromatic rings. The highest BCUT2D eigenvalue weighted by molar-refractivity contribution is 7.89. The molecule has 4 aromatic carbocycles. The van der Waals surface area contributed by atoms with Gasteiger partial charge in [0.25, 0.3) is 11.8 Å². The summed E-state index contributed by atoms with van der Waals surface area (Å²) in [6.45, 7) is 17.5. The van der Waals surface area contributed by atoms with Gasteiger partial charge in [0.2, 0.25) is 15.5 Å². The Bertz CT molecular complexity index is 2980. The summed E-state index contributed by atoms with van der Waals surface area (Å²) in [5.41, 5.74) is 3.96. The molecule has 1 saturated heterocycles. The van der Waals surface area contributed by atoms with Crippen molar-refractivity contribution >= 4 is 50.1 Å². The number of pyridine rings is 1. The van der Waals surface area contributed by atoms with Crippen LogP contribution in [0.5, 0.6) is 11.5 Å². The first-order valence-electron chi connectivity index (χ1n) is 26.1. The van der Waals surface area contributed by atoms with Crippen LogP contribution in [0.25, 0.3) is 10.9 Å². The number of carboxylic acid groups (broad SMARTS) is 1. The number of benzene rings is 4. The van der Waals surface area contributed by atoms with Crippen LogP contribution in [0.4, 0.5) is 11.4 Å². The standard InChI is InChI=1S/C57H73N5O14S/c1-56(2,3)46-34-47(57(4,5)6)51(35-50(46)60-54(66)45-36-58-48-10-8-7-9-43(48)53(45)65)76-32-30-74-28-26-72-24-22-70-21-23-71-25-27-73-29-31-75-41-13-11-39(12-14-41)40-17-19-62(20-18-40)77(68,69)42-15-16-44-49(33-42)59-38-61(55(44)67)37-52(63)64/h7-16,33-36,40,59H,17-32,37-38H2,1-6H3,(H,58,65)(H,60,66)(H,63,64). The second-order valence-corrected chi connectivity index (χ2v) is 22.8. The number of aliphatic carboxylic acids is 1. The van der Waals surface area contributed by atoms with Crippen molar-refractivity contribution in [1.29, 1.82) is 0 Å². The van der Waals surface area contributed by atoms with Gasteiger partial charge in [0, 0.05) is 47.6 Å². The molecular weight excluding hydrogens is 1010 g/mol. The van der Waals surface area contributed by atoms with E-state index in [1.165, 1.54) is 28.7 Å². The average Bonchev–Trinajstić information content (AvgIpc) is 3.39. The van der Waals surface area contributed by atoms with Gasteiger partial charge in [-0.3, -0.25) is 19.2 Å². The van der Waals surface area contributed by atoms with Gasteiger partial charge in [-0.2, -0.15) is 4.31 Å². The fourth-order valence-electron chi connectivity index (χ4n) is 9.09. The molecule has 0 atom stereocenters. The number of nitrogens with one attached hydrogen (secondary N) is 3. The summed E-state index contributed by atoms with van der Waals surface area (Å²) in [5.74, 6) is -0.563. The van der Waals surface area contributed by atoms with E-state index in [2.05, 4.69) is 63.2 Å². The Morgan fingerprint density at radius 2 is 1.27 bits per heavy atom. The van der Waals surface area contributed by atoms with E-state index in [0.29, 0.717) is 132 Å². The molecule has 0 radical (unpaired) electrons. The lowest BCUT2D eigenvalue weighted by Gasteiger charge is -2.32. The average molecular weight is 1080 g/mol. The number of hydrogen-bond donors (Lipinski definition) is 4. The van der Waals surface area contributed by atoms with Gasteiger partial charge in [0.15, 0.2) is 0 Å². The number of rotatable bonds is 27. The quantitative estimate of drug-likeness (QED) is 0.0375. The molecule has 20 heteroatoms. The van der Waals surface area contributed by atoms with E-state index >= 15 is 0 Å². The van der Waals surface area contributed by atoms with Gasteiger partial charge in [-0.1, -0.05) is 65.8 Å². The number of amides is 2. The van der Waals surface area contributed by atoms with Gasteiger partial charge in [0.1, 0.15) is 36.8 Å². The number of piperidine rings is 1. The molecule has 1 aromatic heterocycles. The van der Waals surface area contributed by atoms with Gasteiger partial charge >= 0.3 is 5.97 Å². The van der Waals surface area contributed by atoms with Crippen LogP contribution in [0.15, 0.2) is 94.7 Å². The Kier molecular flexibility index (Phi) is 20.3. The fourth-order valence-corrected chi connectivity index (χ4v) is 10.6. The van der Waals surface area contributed by atoms with Gasteiger partial charge < -0.3 is 58.8 Å². The lowest BCUT2D eigenvalue weighted by atomic mass is 9.79. The molecular formula is C57H73N5O14S. The smallest absolute Gasteiger partial charge is 0.323 e. The zero-order valence-electron chi connectivity index (χ0n) is 44.9. The van der Waals surface area contributed by atoms with Crippen LogP contribution in [0.2, 0.25) is 0 Å². The van der Waals surface area contributed by atoms with Gasteiger partial charge in [0.05, 0.1) is 83.2 Å². The molecule has 2 amide bonds.